The summed E-state index contributed by atoms with van der Waals surface area (Å²) in [6.07, 6.45) is 7.02. The molecule has 3 aliphatic carbocycles. The van der Waals surface area contributed by atoms with Crippen LogP contribution in [-0.4, -0.2) is 15.9 Å². The molecule has 3 aliphatic rings. The number of hydrogen-bond acceptors (Lipinski definition) is 4. The molecule has 0 radical (unpaired) electrons. The van der Waals surface area contributed by atoms with E-state index in [1.165, 1.54) is 25.5 Å². The zero-order valence-electron chi connectivity index (χ0n) is 10.3. The summed E-state index contributed by atoms with van der Waals surface area (Å²) >= 11 is 3.37. The monoisotopic (exact) mass is 323 g/mol. The SMILES string of the molecule is O=[N+]([O-])c1cncc(Br)c1NC1C2C3CCC(C3)C12. The average molecular weight is 324 g/mol. The van der Waals surface area contributed by atoms with Crippen LogP contribution >= 0.6 is 15.9 Å². The lowest BCUT2D eigenvalue weighted by atomic mass is 10.0. The minimum absolute atomic E-state index is 0.0618. The Balaban J connectivity index is 1.60. The molecule has 0 amide bonds. The van der Waals surface area contributed by atoms with E-state index in [1.807, 2.05) is 0 Å². The van der Waals surface area contributed by atoms with Gasteiger partial charge in [0.2, 0.25) is 0 Å². The summed E-state index contributed by atoms with van der Waals surface area (Å²) in [5.74, 6) is 3.20. The zero-order chi connectivity index (χ0) is 13.1. The third-order valence-electron chi connectivity index (χ3n) is 5.12. The number of hydrogen-bond donors (Lipinski definition) is 1. The molecule has 0 spiro atoms. The second-order valence-corrected chi connectivity index (χ2v) is 6.78. The number of fused-ring (bicyclic) bond motifs is 5. The van der Waals surface area contributed by atoms with E-state index in [9.17, 15) is 10.1 Å². The Kier molecular flexibility index (Phi) is 2.40. The van der Waals surface area contributed by atoms with Gasteiger partial charge in [-0.15, -0.1) is 0 Å². The van der Waals surface area contributed by atoms with Gasteiger partial charge in [0.25, 0.3) is 0 Å². The van der Waals surface area contributed by atoms with Crippen LogP contribution in [0.4, 0.5) is 11.4 Å². The number of anilines is 1. The molecular formula is C13H14BrN3O2. The van der Waals surface area contributed by atoms with Crippen molar-refractivity contribution in [2.24, 2.45) is 23.7 Å². The Morgan fingerprint density at radius 1 is 1.32 bits per heavy atom. The van der Waals surface area contributed by atoms with Gasteiger partial charge in [-0.25, -0.2) is 0 Å². The largest absolute Gasteiger partial charge is 0.375 e. The highest BCUT2D eigenvalue weighted by Crippen LogP contribution is 2.66. The summed E-state index contributed by atoms with van der Waals surface area (Å²) in [6, 6.07) is 0.434. The number of rotatable bonds is 3. The molecule has 4 rings (SSSR count). The maximum Gasteiger partial charge on any atom is 0.311 e. The fourth-order valence-electron chi connectivity index (χ4n) is 4.39. The molecule has 6 heteroatoms. The number of pyridine rings is 1. The van der Waals surface area contributed by atoms with Crippen molar-refractivity contribution >= 4 is 27.3 Å². The van der Waals surface area contributed by atoms with Crippen LogP contribution in [0.5, 0.6) is 0 Å². The van der Waals surface area contributed by atoms with Crippen LogP contribution < -0.4 is 5.32 Å². The normalized spacial score (nSPS) is 38.1. The van der Waals surface area contributed by atoms with Crippen LogP contribution in [0.25, 0.3) is 0 Å². The lowest BCUT2D eigenvalue weighted by Crippen LogP contribution is -2.14. The van der Waals surface area contributed by atoms with E-state index in [0.717, 1.165) is 23.7 Å². The van der Waals surface area contributed by atoms with Gasteiger partial charge in [-0.3, -0.25) is 15.1 Å². The summed E-state index contributed by atoms with van der Waals surface area (Å²) in [4.78, 5) is 14.6. The highest BCUT2D eigenvalue weighted by Gasteiger charge is 2.65. The molecule has 0 saturated heterocycles. The van der Waals surface area contributed by atoms with E-state index in [-0.39, 0.29) is 10.6 Å². The smallest absolute Gasteiger partial charge is 0.311 e. The Bertz CT molecular complexity index is 549. The number of halogens is 1. The van der Waals surface area contributed by atoms with Gasteiger partial charge < -0.3 is 5.32 Å². The van der Waals surface area contributed by atoms with E-state index >= 15 is 0 Å². The number of aromatic nitrogens is 1. The van der Waals surface area contributed by atoms with Gasteiger partial charge in [-0.05, 0) is 58.9 Å². The molecule has 1 aromatic rings. The van der Waals surface area contributed by atoms with Crippen LogP contribution in [0, 0.1) is 33.8 Å². The molecule has 5 nitrogen and oxygen atoms in total. The van der Waals surface area contributed by atoms with Crippen molar-refractivity contribution in [2.75, 3.05) is 5.32 Å². The van der Waals surface area contributed by atoms with Crippen LogP contribution in [0.15, 0.2) is 16.9 Å². The van der Waals surface area contributed by atoms with Crippen molar-refractivity contribution in [2.45, 2.75) is 25.3 Å². The molecule has 4 unspecified atom stereocenters. The average Bonchev–Trinajstić information content (AvgIpc) is 2.79. The summed E-state index contributed by atoms with van der Waals surface area (Å²) in [5, 5.41) is 14.5. The van der Waals surface area contributed by atoms with E-state index in [0.29, 0.717) is 16.2 Å². The molecule has 19 heavy (non-hydrogen) atoms. The van der Waals surface area contributed by atoms with Gasteiger partial charge in [0.1, 0.15) is 11.9 Å². The first-order chi connectivity index (χ1) is 9.16. The van der Waals surface area contributed by atoms with Crippen molar-refractivity contribution in [3.05, 3.63) is 27.0 Å². The third kappa shape index (κ3) is 1.62. The van der Waals surface area contributed by atoms with E-state index in [2.05, 4.69) is 26.2 Å². The maximum atomic E-state index is 11.1. The summed E-state index contributed by atoms with van der Waals surface area (Å²) in [6.45, 7) is 0. The van der Waals surface area contributed by atoms with Gasteiger partial charge in [0.15, 0.2) is 0 Å². The summed E-state index contributed by atoms with van der Waals surface area (Å²) in [5.41, 5.74) is 0.658. The molecule has 1 aromatic heterocycles. The molecule has 0 aromatic carbocycles. The molecule has 100 valence electrons. The second-order valence-electron chi connectivity index (χ2n) is 5.93. The topological polar surface area (TPSA) is 68.1 Å². The first-order valence-corrected chi connectivity index (χ1v) is 7.50. The molecule has 3 saturated carbocycles. The predicted molar refractivity (Wildman–Crippen MR) is 73.8 cm³/mol. The van der Waals surface area contributed by atoms with Crippen LogP contribution in [0.1, 0.15) is 19.3 Å². The number of nitrogens with zero attached hydrogens (tertiary/aromatic N) is 2. The predicted octanol–water partition coefficient (Wildman–Crippen LogP) is 3.21. The van der Waals surface area contributed by atoms with Crippen molar-refractivity contribution in [1.82, 2.24) is 4.98 Å². The lowest BCUT2D eigenvalue weighted by molar-refractivity contribution is -0.384. The highest BCUT2D eigenvalue weighted by atomic mass is 79.9. The van der Waals surface area contributed by atoms with Crippen molar-refractivity contribution in [1.29, 1.82) is 0 Å². The zero-order valence-corrected chi connectivity index (χ0v) is 11.8. The molecule has 0 aliphatic heterocycles. The fraction of sp³-hybridized carbons (Fsp3) is 0.615. The first kappa shape index (κ1) is 11.6. The standard InChI is InChI=1S/C13H14BrN3O2/c14-8-4-15-5-9(17(18)19)12(8)16-13-10-6-1-2-7(3-6)11(10)13/h4-7,10-11,13H,1-3H2,(H,15,16). The first-order valence-electron chi connectivity index (χ1n) is 6.71. The minimum Gasteiger partial charge on any atom is -0.375 e. The Morgan fingerprint density at radius 3 is 2.63 bits per heavy atom. The lowest BCUT2D eigenvalue weighted by Gasteiger charge is -2.12. The number of nitro groups is 1. The van der Waals surface area contributed by atoms with Crippen molar-refractivity contribution < 1.29 is 4.92 Å². The van der Waals surface area contributed by atoms with Crippen molar-refractivity contribution in [3.8, 4) is 0 Å². The highest BCUT2D eigenvalue weighted by molar-refractivity contribution is 9.10. The van der Waals surface area contributed by atoms with Crippen LogP contribution in [-0.2, 0) is 0 Å². The van der Waals surface area contributed by atoms with Gasteiger partial charge >= 0.3 is 5.69 Å². The Labute approximate surface area is 119 Å². The van der Waals surface area contributed by atoms with E-state index in [1.54, 1.807) is 6.20 Å². The van der Waals surface area contributed by atoms with Gasteiger partial charge in [0.05, 0.1) is 9.40 Å². The van der Waals surface area contributed by atoms with Gasteiger partial charge in [-0.1, -0.05) is 0 Å². The van der Waals surface area contributed by atoms with E-state index in [4.69, 9.17) is 0 Å². The molecule has 1 N–H and O–H groups in total. The Morgan fingerprint density at radius 2 is 2.00 bits per heavy atom. The second kappa shape index (κ2) is 3.91. The molecular weight excluding hydrogens is 310 g/mol. The number of nitrogens with one attached hydrogen (secondary N) is 1. The fourth-order valence-corrected chi connectivity index (χ4v) is 4.83. The quantitative estimate of drug-likeness (QED) is 0.685. The molecule has 3 fully saturated rings. The van der Waals surface area contributed by atoms with Crippen LogP contribution in [0.2, 0.25) is 0 Å². The van der Waals surface area contributed by atoms with E-state index < -0.39 is 0 Å². The van der Waals surface area contributed by atoms with Crippen LogP contribution in [0.3, 0.4) is 0 Å². The third-order valence-corrected chi connectivity index (χ3v) is 5.72. The maximum absolute atomic E-state index is 11.1. The minimum atomic E-state index is -0.368. The van der Waals surface area contributed by atoms with Gasteiger partial charge in [-0.2, -0.15) is 0 Å². The summed E-state index contributed by atoms with van der Waals surface area (Å²) < 4.78 is 0.680. The Hall–Kier alpha value is -1.17. The molecule has 1 heterocycles. The van der Waals surface area contributed by atoms with Gasteiger partial charge in [0, 0.05) is 12.2 Å². The molecule has 4 atom stereocenters. The molecule has 2 bridgehead atoms. The van der Waals surface area contributed by atoms with Crippen molar-refractivity contribution in [3.63, 3.8) is 0 Å². The summed E-state index contributed by atoms with van der Waals surface area (Å²) in [7, 11) is 0.